The van der Waals surface area contributed by atoms with Crippen molar-refractivity contribution in [3.8, 4) is 0 Å². The van der Waals surface area contributed by atoms with Crippen LogP contribution in [0.5, 0.6) is 0 Å². The minimum Gasteiger partial charge on any atom is -0.756 e. The van der Waals surface area contributed by atoms with Gasteiger partial charge in [-0.3, -0.25) is 14.2 Å². The van der Waals surface area contributed by atoms with Gasteiger partial charge < -0.3 is 27.9 Å². The number of hydrogen-bond acceptors (Lipinski definition) is 8. The third-order valence-electron chi connectivity index (χ3n) is 7.56. The van der Waals surface area contributed by atoms with Crippen molar-refractivity contribution in [3.05, 3.63) is 48.6 Å². The number of phosphoric acid groups is 1. The molecule has 0 aromatic heterocycles. The third kappa shape index (κ3) is 35.6. The van der Waals surface area contributed by atoms with Gasteiger partial charge in [0.15, 0.2) is 6.10 Å². The van der Waals surface area contributed by atoms with E-state index in [1.54, 1.807) is 0 Å². The summed E-state index contributed by atoms with van der Waals surface area (Å²) in [4.78, 5) is 37.3. The fourth-order valence-corrected chi connectivity index (χ4v) is 5.34. The normalized spacial score (nSPS) is 14.3. The number of esters is 2. The SMILES string of the molecule is CC/C=C\C/C=C\C/C=C\CCCCCCCC(=O)OC(COC(=O)CCCCCCC/C=C\CCC)COP(=O)([O-])OCC[N+](C)(C)C. The molecule has 0 amide bonds. The molecule has 10 heteroatoms. The van der Waals surface area contributed by atoms with Gasteiger partial charge in [-0.05, 0) is 64.2 Å². The first-order chi connectivity index (χ1) is 23.5. The van der Waals surface area contributed by atoms with Crippen molar-refractivity contribution in [2.24, 2.45) is 0 Å². The summed E-state index contributed by atoms with van der Waals surface area (Å²) in [7, 11) is 1.14. The van der Waals surface area contributed by atoms with Crippen LogP contribution in [0.4, 0.5) is 0 Å². The van der Waals surface area contributed by atoms with E-state index in [1.807, 2.05) is 21.1 Å². The lowest BCUT2D eigenvalue weighted by molar-refractivity contribution is -0.870. The molecule has 0 aromatic rings. The van der Waals surface area contributed by atoms with Gasteiger partial charge in [-0.1, -0.05) is 107 Å². The molecule has 0 aromatic carbocycles. The molecular weight excluding hydrogens is 641 g/mol. The van der Waals surface area contributed by atoms with Gasteiger partial charge in [0.1, 0.15) is 19.8 Å². The monoisotopic (exact) mass is 711 g/mol. The molecule has 0 saturated heterocycles. The third-order valence-corrected chi connectivity index (χ3v) is 8.53. The molecule has 284 valence electrons. The van der Waals surface area contributed by atoms with Crippen LogP contribution in [0.15, 0.2) is 48.6 Å². The summed E-state index contributed by atoms with van der Waals surface area (Å²) in [5.41, 5.74) is 0. The number of rotatable bonds is 33. The zero-order valence-electron chi connectivity index (χ0n) is 31.6. The van der Waals surface area contributed by atoms with Gasteiger partial charge in [-0.2, -0.15) is 0 Å². The minimum atomic E-state index is -4.62. The first-order valence-corrected chi connectivity index (χ1v) is 20.3. The molecule has 0 heterocycles. The molecule has 0 aliphatic carbocycles. The van der Waals surface area contributed by atoms with Crippen molar-refractivity contribution in [2.45, 2.75) is 142 Å². The second-order valence-electron chi connectivity index (χ2n) is 13.6. The largest absolute Gasteiger partial charge is 0.756 e. The van der Waals surface area contributed by atoms with Crippen LogP contribution >= 0.6 is 7.82 Å². The number of allylic oxidation sites excluding steroid dienone is 8. The number of ether oxygens (including phenoxy) is 2. The van der Waals surface area contributed by atoms with E-state index in [0.717, 1.165) is 89.9 Å². The molecule has 0 N–H and O–H groups in total. The Bertz CT molecular complexity index is 986. The maximum Gasteiger partial charge on any atom is 0.306 e. The van der Waals surface area contributed by atoms with Crippen molar-refractivity contribution >= 4 is 19.8 Å². The standard InChI is InChI=1S/C39H70NO8P/c1-6-8-10-12-14-16-18-19-20-21-22-24-26-28-30-32-39(42)48-37(36-47-49(43,44)46-34-33-40(3,4)5)35-45-38(41)31-29-27-25-23-17-15-13-11-9-7-2/h8,10-11,13-14,16,19-20,37H,6-7,9,12,15,17-18,21-36H2,1-5H3/b10-8-,13-11-,16-14-,20-19-. The lowest BCUT2D eigenvalue weighted by atomic mass is 10.1. The Morgan fingerprint density at radius 3 is 1.76 bits per heavy atom. The fraction of sp³-hybridized carbons (Fsp3) is 0.744. The summed E-state index contributed by atoms with van der Waals surface area (Å²) in [6.45, 7) is 3.99. The summed E-state index contributed by atoms with van der Waals surface area (Å²) in [6.07, 6.45) is 34.3. The molecule has 0 aliphatic rings. The highest BCUT2D eigenvalue weighted by Gasteiger charge is 2.21. The predicted octanol–water partition coefficient (Wildman–Crippen LogP) is 9.33. The molecule has 49 heavy (non-hydrogen) atoms. The predicted molar refractivity (Wildman–Crippen MR) is 199 cm³/mol. The van der Waals surface area contributed by atoms with Crippen molar-refractivity contribution in [1.29, 1.82) is 0 Å². The van der Waals surface area contributed by atoms with Crippen molar-refractivity contribution in [3.63, 3.8) is 0 Å². The summed E-state index contributed by atoms with van der Waals surface area (Å²) in [5, 5.41) is 0. The van der Waals surface area contributed by atoms with Crippen molar-refractivity contribution in [1.82, 2.24) is 0 Å². The molecule has 9 nitrogen and oxygen atoms in total. The van der Waals surface area contributed by atoms with E-state index in [-0.39, 0.29) is 26.1 Å². The molecule has 2 atom stereocenters. The Labute approximate surface area is 299 Å². The van der Waals surface area contributed by atoms with Crippen LogP contribution in [0.3, 0.4) is 0 Å². The van der Waals surface area contributed by atoms with Gasteiger partial charge in [-0.15, -0.1) is 0 Å². The molecule has 0 aliphatic heterocycles. The van der Waals surface area contributed by atoms with Crippen LogP contribution in [-0.2, 0) is 32.7 Å². The average molecular weight is 712 g/mol. The first kappa shape index (κ1) is 47.0. The van der Waals surface area contributed by atoms with Gasteiger partial charge in [0.25, 0.3) is 7.82 Å². The molecule has 0 saturated carbocycles. The number of unbranched alkanes of at least 4 members (excludes halogenated alkanes) is 11. The van der Waals surface area contributed by atoms with Crippen LogP contribution in [0.25, 0.3) is 0 Å². The quantitative estimate of drug-likeness (QED) is 0.0218. The fourth-order valence-electron chi connectivity index (χ4n) is 4.61. The van der Waals surface area contributed by atoms with Crippen molar-refractivity contribution < 1.29 is 42.1 Å². The zero-order chi connectivity index (χ0) is 36.5. The maximum absolute atomic E-state index is 12.6. The van der Waals surface area contributed by atoms with Gasteiger partial charge in [0.05, 0.1) is 27.7 Å². The number of likely N-dealkylation sites (N-methyl/N-ethyl adjacent to an activating group) is 1. The second kappa shape index (κ2) is 31.9. The van der Waals surface area contributed by atoms with Crippen LogP contribution in [-0.4, -0.2) is 70.0 Å². The first-order valence-electron chi connectivity index (χ1n) is 18.8. The Balaban J connectivity index is 4.49. The lowest BCUT2D eigenvalue weighted by Gasteiger charge is -2.28. The highest BCUT2D eigenvalue weighted by molar-refractivity contribution is 7.45. The number of hydrogen-bond donors (Lipinski definition) is 0. The Kier molecular flexibility index (Phi) is 30.6. The van der Waals surface area contributed by atoms with Gasteiger partial charge in [0, 0.05) is 12.8 Å². The number of carbonyl (C=O) groups is 2. The number of phosphoric ester groups is 1. The minimum absolute atomic E-state index is 0.0376. The molecule has 2 unspecified atom stereocenters. The van der Waals surface area contributed by atoms with Gasteiger partial charge in [0.2, 0.25) is 0 Å². The molecule has 0 radical (unpaired) electrons. The zero-order valence-corrected chi connectivity index (χ0v) is 32.5. The molecule has 0 fully saturated rings. The molecular formula is C39H70NO8P. The van der Waals surface area contributed by atoms with Crippen molar-refractivity contribution in [2.75, 3.05) is 47.5 Å². The molecule has 0 bridgehead atoms. The van der Waals surface area contributed by atoms with Crippen LogP contribution in [0.2, 0.25) is 0 Å². The van der Waals surface area contributed by atoms with E-state index in [4.69, 9.17) is 18.5 Å². The Morgan fingerprint density at radius 1 is 0.653 bits per heavy atom. The van der Waals surface area contributed by atoms with E-state index in [9.17, 15) is 19.0 Å². The smallest absolute Gasteiger partial charge is 0.306 e. The number of nitrogens with zero attached hydrogens (tertiary/aromatic N) is 1. The lowest BCUT2D eigenvalue weighted by Crippen LogP contribution is -2.37. The van der Waals surface area contributed by atoms with Crippen LogP contribution in [0, 0.1) is 0 Å². The summed E-state index contributed by atoms with van der Waals surface area (Å²) in [5.74, 6) is -0.874. The van der Waals surface area contributed by atoms with E-state index < -0.39 is 32.5 Å². The Morgan fingerprint density at radius 2 is 1.16 bits per heavy atom. The van der Waals surface area contributed by atoms with E-state index in [1.165, 1.54) is 6.42 Å². The summed E-state index contributed by atoms with van der Waals surface area (Å²) in [6, 6.07) is 0. The highest BCUT2D eigenvalue weighted by Crippen LogP contribution is 2.38. The average Bonchev–Trinajstić information content (AvgIpc) is 3.04. The number of carbonyl (C=O) groups excluding carboxylic acids is 2. The van der Waals surface area contributed by atoms with E-state index >= 15 is 0 Å². The second-order valence-corrected chi connectivity index (χ2v) is 15.0. The summed E-state index contributed by atoms with van der Waals surface area (Å²) < 4.78 is 33.7. The van der Waals surface area contributed by atoms with Crippen LogP contribution in [0.1, 0.15) is 136 Å². The van der Waals surface area contributed by atoms with Crippen LogP contribution < -0.4 is 4.89 Å². The number of quaternary nitrogens is 1. The Hall–Kier alpha value is -2.03. The van der Waals surface area contributed by atoms with Gasteiger partial charge in [-0.25, -0.2) is 0 Å². The van der Waals surface area contributed by atoms with E-state index in [0.29, 0.717) is 23.9 Å². The molecule has 0 rings (SSSR count). The maximum atomic E-state index is 12.6. The summed E-state index contributed by atoms with van der Waals surface area (Å²) >= 11 is 0. The van der Waals surface area contributed by atoms with Gasteiger partial charge >= 0.3 is 11.9 Å². The van der Waals surface area contributed by atoms with E-state index in [2.05, 4.69) is 62.5 Å². The molecule has 0 spiro atoms. The topological polar surface area (TPSA) is 111 Å². The highest BCUT2D eigenvalue weighted by atomic mass is 31.2.